The molecule has 0 aliphatic heterocycles. The molecule has 0 aromatic heterocycles. The number of rotatable bonds is 5. The predicted molar refractivity (Wildman–Crippen MR) is 45.5 cm³/mol. The summed E-state index contributed by atoms with van der Waals surface area (Å²) in [6, 6.07) is 0. The number of nitrogens with one attached hydrogen (secondary N) is 1. The second-order valence-corrected chi connectivity index (χ2v) is 2.88. The maximum atomic E-state index is 3.79. The van der Waals surface area contributed by atoms with Crippen molar-refractivity contribution >= 4 is 11.8 Å². The molecule has 0 saturated carbocycles. The molecule has 0 aliphatic carbocycles. The van der Waals surface area contributed by atoms with Crippen LogP contribution >= 0.6 is 11.8 Å². The van der Waals surface area contributed by atoms with E-state index in [1.807, 2.05) is 6.08 Å². The van der Waals surface area contributed by atoms with Crippen LogP contribution < -0.4 is 5.32 Å². The van der Waals surface area contributed by atoms with Gasteiger partial charge in [-0.05, 0) is 5.75 Å². The molecule has 0 bridgehead atoms. The van der Waals surface area contributed by atoms with Crippen molar-refractivity contribution < 1.29 is 0 Å². The highest BCUT2D eigenvalue weighted by Gasteiger charge is 1.86. The van der Waals surface area contributed by atoms with Gasteiger partial charge >= 0.3 is 0 Å². The van der Waals surface area contributed by atoms with E-state index in [1.54, 1.807) is 11.8 Å². The summed E-state index contributed by atoms with van der Waals surface area (Å²) in [5.74, 6) is 1.07. The fourth-order valence-electron chi connectivity index (χ4n) is 0.411. The van der Waals surface area contributed by atoms with Gasteiger partial charge in [0, 0.05) is 6.54 Å². The lowest BCUT2D eigenvalue weighted by molar-refractivity contribution is 0.974. The standard InChI is InChI=1S/C7H13NS/c1-4-6-8-7(3)9-5-2/h4,8H,1,3,5-6H2,2H3. The summed E-state index contributed by atoms with van der Waals surface area (Å²) in [5.41, 5.74) is 0. The maximum Gasteiger partial charge on any atom is 0.0610 e. The summed E-state index contributed by atoms with van der Waals surface area (Å²) in [5, 5.41) is 4.11. The summed E-state index contributed by atoms with van der Waals surface area (Å²) >= 11 is 1.72. The first-order chi connectivity index (χ1) is 4.31. The van der Waals surface area contributed by atoms with Crippen LogP contribution in [0.4, 0.5) is 0 Å². The van der Waals surface area contributed by atoms with Crippen molar-refractivity contribution in [1.29, 1.82) is 0 Å². The van der Waals surface area contributed by atoms with Crippen LogP contribution in [0.2, 0.25) is 0 Å². The molecule has 0 fully saturated rings. The van der Waals surface area contributed by atoms with Crippen LogP contribution in [-0.4, -0.2) is 12.3 Å². The van der Waals surface area contributed by atoms with Gasteiger partial charge in [0.15, 0.2) is 0 Å². The lowest BCUT2D eigenvalue weighted by atomic mass is 10.6. The lowest BCUT2D eigenvalue weighted by Gasteiger charge is -2.02. The van der Waals surface area contributed by atoms with Gasteiger partial charge in [-0.2, -0.15) is 0 Å². The third-order valence-corrected chi connectivity index (χ3v) is 1.54. The Morgan fingerprint density at radius 2 is 2.44 bits per heavy atom. The molecule has 0 aromatic rings. The van der Waals surface area contributed by atoms with Crippen molar-refractivity contribution in [2.45, 2.75) is 6.92 Å². The highest BCUT2D eigenvalue weighted by Crippen LogP contribution is 2.07. The van der Waals surface area contributed by atoms with E-state index < -0.39 is 0 Å². The molecule has 52 valence electrons. The van der Waals surface area contributed by atoms with E-state index in [1.165, 1.54) is 0 Å². The molecule has 1 N–H and O–H groups in total. The van der Waals surface area contributed by atoms with Crippen molar-refractivity contribution in [1.82, 2.24) is 5.32 Å². The third-order valence-electron chi connectivity index (χ3n) is 0.762. The second kappa shape index (κ2) is 5.76. The summed E-state index contributed by atoms with van der Waals surface area (Å²) in [7, 11) is 0. The largest absolute Gasteiger partial charge is 0.377 e. The van der Waals surface area contributed by atoms with Gasteiger partial charge in [0.25, 0.3) is 0 Å². The minimum Gasteiger partial charge on any atom is -0.377 e. The van der Waals surface area contributed by atoms with Crippen LogP contribution in [-0.2, 0) is 0 Å². The quantitative estimate of drug-likeness (QED) is 0.591. The second-order valence-electron chi connectivity index (χ2n) is 1.53. The number of hydrogen-bond acceptors (Lipinski definition) is 2. The third kappa shape index (κ3) is 5.50. The molecule has 0 spiro atoms. The molecular weight excluding hydrogens is 130 g/mol. The van der Waals surface area contributed by atoms with Crippen LogP contribution in [0.3, 0.4) is 0 Å². The minimum atomic E-state index is 0.811. The highest BCUT2D eigenvalue weighted by atomic mass is 32.2. The van der Waals surface area contributed by atoms with Crippen molar-refractivity contribution in [3.8, 4) is 0 Å². The van der Waals surface area contributed by atoms with Crippen LogP contribution in [0.5, 0.6) is 0 Å². The fourth-order valence-corrected chi connectivity index (χ4v) is 0.945. The Hall–Kier alpha value is -0.370. The first kappa shape index (κ1) is 8.63. The molecule has 1 nitrogen and oxygen atoms in total. The van der Waals surface area contributed by atoms with E-state index in [-0.39, 0.29) is 0 Å². The van der Waals surface area contributed by atoms with Gasteiger partial charge in [0.05, 0.1) is 5.03 Å². The van der Waals surface area contributed by atoms with E-state index in [0.29, 0.717) is 0 Å². The summed E-state index contributed by atoms with van der Waals surface area (Å²) in [6.07, 6.45) is 1.82. The van der Waals surface area contributed by atoms with Crippen LogP contribution in [0.25, 0.3) is 0 Å². The van der Waals surface area contributed by atoms with Crippen molar-refractivity contribution in [3.63, 3.8) is 0 Å². The van der Waals surface area contributed by atoms with Crippen LogP contribution in [0, 0.1) is 0 Å². The van der Waals surface area contributed by atoms with Gasteiger partial charge in [0.2, 0.25) is 0 Å². The number of thioether (sulfide) groups is 1. The monoisotopic (exact) mass is 143 g/mol. The van der Waals surface area contributed by atoms with Crippen LogP contribution in [0.1, 0.15) is 6.92 Å². The molecule has 0 atom stereocenters. The maximum absolute atomic E-state index is 3.79. The van der Waals surface area contributed by atoms with Crippen molar-refractivity contribution in [3.05, 3.63) is 24.3 Å². The molecule has 2 heteroatoms. The molecule has 0 unspecified atom stereocenters. The zero-order valence-electron chi connectivity index (χ0n) is 5.81. The Kier molecular flexibility index (Phi) is 5.52. The van der Waals surface area contributed by atoms with Crippen molar-refractivity contribution in [2.75, 3.05) is 12.3 Å². The molecule has 0 heterocycles. The zero-order chi connectivity index (χ0) is 7.11. The van der Waals surface area contributed by atoms with Gasteiger partial charge in [-0.25, -0.2) is 0 Å². The van der Waals surface area contributed by atoms with Crippen molar-refractivity contribution in [2.24, 2.45) is 0 Å². The van der Waals surface area contributed by atoms with E-state index in [9.17, 15) is 0 Å². The SMILES string of the molecule is C=CCNC(=C)SCC. The number of hydrogen-bond donors (Lipinski definition) is 1. The molecule has 0 aliphatic rings. The van der Waals surface area contributed by atoms with Gasteiger partial charge in [0.1, 0.15) is 0 Å². The molecule has 9 heavy (non-hydrogen) atoms. The minimum absolute atomic E-state index is 0.811. The topological polar surface area (TPSA) is 12.0 Å². The Bertz CT molecular complexity index is 99.1. The van der Waals surface area contributed by atoms with E-state index >= 15 is 0 Å². The Balaban J connectivity index is 3.16. The zero-order valence-corrected chi connectivity index (χ0v) is 6.63. The lowest BCUT2D eigenvalue weighted by Crippen LogP contribution is -2.08. The summed E-state index contributed by atoms with van der Waals surface area (Å²) in [6.45, 7) is 10.3. The Morgan fingerprint density at radius 3 is 2.89 bits per heavy atom. The average Bonchev–Trinajstić information content (AvgIpc) is 1.85. The Morgan fingerprint density at radius 1 is 1.78 bits per heavy atom. The van der Waals surface area contributed by atoms with E-state index in [4.69, 9.17) is 0 Å². The Labute approximate surface area is 61.2 Å². The van der Waals surface area contributed by atoms with E-state index in [0.717, 1.165) is 17.3 Å². The first-order valence-electron chi connectivity index (χ1n) is 2.97. The summed E-state index contributed by atoms with van der Waals surface area (Å²) in [4.78, 5) is 0. The fraction of sp³-hybridized carbons (Fsp3) is 0.429. The average molecular weight is 143 g/mol. The predicted octanol–water partition coefficient (Wildman–Crippen LogP) is 1.99. The van der Waals surface area contributed by atoms with Crippen LogP contribution in [0.15, 0.2) is 24.3 Å². The van der Waals surface area contributed by atoms with Gasteiger partial charge in [-0.15, -0.1) is 18.3 Å². The van der Waals surface area contributed by atoms with Gasteiger partial charge in [-0.1, -0.05) is 19.6 Å². The van der Waals surface area contributed by atoms with Gasteiger partial charge < -0.3 is 5.32 Å². The molecule has 0 radical (unpaired) electrons. The summed E-state index contributed by atoms with van der Waals surface area (Å²) < 4.78 is 0. The normalized spacial score (nSPS) is 8.56. The first-order valence-corrected chi connectivity index (χ1v) is 3.96. The smallest absolute Gasteiger partial charge is 0.0610 e. The van der Waals surface area contributed by atoms with E-state index in [2.05, 4.69) is 25.4 Å². The highest BCUT2D eigenvalue weighted by molar-refractivity contribution is 8.02. The molecule has 0 amide bonds. The molecular formula is C7H13NS. The molecule has 0 saturated heterocycles. The van der Waals surface area contributed by atoms with Gasteiger partial charge in [-0.3, -0.25) is 0 Å². The molecule has 0 aromatic carbocycles. The molecule has 0 rings (SSSR count).